The number of methoxy groups -OCH3 is 2. The van der Waals surface area contributed by atoms with E-state index in [0.717, 1.165) is 11.6 Å². The number of aromatic nitrogens is 1. The third-order valence-electron chi connectivity index (χ3n) is 3.59. The average molecular weight is 374 g/mol. The average Bonchev–Trinajstić information content (AvgIpc) is 2.61. The number of sulfonamides is 1. The van der Waals surface area contributed by atoms with Gasteiger partial charge in [0.2, 0.25) is 10.0 Å². The van der Waals surface area contributed by atoms with E-state index in [1.54, 1.807) is 62.9 Å². The van der Waals surface area contributed by atoms with Crippen LogP contribution >= 0.6 is 0 Å². The van der Waals surface area contributed by atoms with Crippen molar-refractivity contribution in [2.45, 2.75) is 0 Å². The first-order valence-electron chi connectivity index (χ1n) is 7.66. The normalized spacial score (nSPS) is 11.2. The van der Waals surface area contributed by atoms with E-state index >= 15 is 0 Å². The van der Waals surface area contributed by atoms with E-state index in [-0.39, 0.29) is 0 Å². The van der Waals surface area contributed by atoms with E-state index in [0.29, 0.717) is 34.2 Å². The molecule has 0 aliphatic heterocycles. The van der Waals surface area contributed by atoms with E-state index in [9.17, 15) is 8.42 Å². The number of fused-ring (bicyclic) bond motifs is 1. The van der Waals surface area contributed by atoms with Crippen LogP contribution in [0.15, 0.2) is 48.7 Å². The van der Waals surface area contributed by atoms with Crippen LogP contribution in [0.5, 0.6) is 23.0 Å². The molecular formula is C18H18N2O5S. The van der Waals surface area contributed by atoms with Gasteiger partial charge in [-0.3, -0.25) is 9.71 Å². The van der Waals surface area contributed by atoms with Gasteiger partial charge in [-0.1, -0.05) is 0 Å². The topological polar surface area (TPSA) is 86.8 Å². The molecule has 1 aromatic heterocycles. The number of nitrogens with zero attached hydrogens (tertiary/aromatic N) is 1. The minimum Gasteiger partial charge on any atom is -0.493 e. The monoisotopic (exact) mass is 374 g/mol. The molecule has 1 heterocycles. The summed E-state index contributed by atoms with van der Waals surface area (Å²) in [6.07, 6.45) is 2.74. The Balaban J connectivity index is 1.93. The molecule has 2 aromatic carbocycles. The fourth-order valence-electron chi connectivity index (χ4n) is 2.47. The highest BCUT2D eigenvalue weighted by molar-refractivity contribution is 7.92. The lowest BCUT2D eigenvalue weighted by Crippen LogP contribution is -2.09. The highest BCUT2D eigenvalue weighted by atomic mass is 32.2. The second-order valence-electron chi connectivity index (χ2n) is 5.53. The fraction of sp³-hybridized carbons (Fsp3) is 0.167. The molecule has 0 saturated heterocycles. The van der Waals surface area contributed by atoms with E-state index in [2.05, 4.69) is 9.71 Å². The number of pyridine rings is 1. The highest BCUT2D eigenvalue weighted by Gasteiger charge is 2.11. The Kier molecular flexibility index (Phi) is 4.85. The van der Waals surface area contributed by atoms with Crippen LogP contribution in [0.3, 0.4) is 0 Å². The Morgan fingerprint density at radius 1 is 0.923 bits per heavy atom. The number of rotatable bonds is 6. The number of benzene rings is 2. The SMILES string of the molecule is COc1cc2nccc(Oc3ccc(NS(C)(=O)=O)cc3)c2cc1OC. The molecule has 0 radical (unpaired) electrons. The Labute approximate surface area is 151 Å². The first-order chi connectivity index (χ1) is 12.4. The van der Waals surface area contributed by atoms with Crippen LogP contribution in [-0.4, -0.2) is 33.9 Å². The number of ether oxygens (including phenoxy) is 3. The van der Waals surface area contributed by atoms with Crippen molar-refractivity contribution < 1.29 is 22.6 Å². The van der Waals surface area contributed by atoms with Gasteiger partial charge >= 0.3 is 0 Å². The maximum absolute atomic E-state index is 11.3. The maximum atomic E-state index is 11.3. The van der Waals surface area contributed by atoms with Gasteiger partial charge in [0.05, 0.1) is 26.0 Å². The van der Waals surface area contributed by atoms with Crippen molar-refractivity contribution in [1.82, 2.24) is 4.98 Å². The molecule has 136 valence electrons. The van der Waals surface area contributed by atoms with E-state index in [1.165, 1.54) is 0 Å². The molecule has 3 aromatic rings. The van der Waals surface area contributed by atoms with Crippen LogP contribution in [0.1, 0.15) is 0 Å². The van der Waals surface area contributed by atoms with Gasteiger partial charge in [0.15, 0.2) is 11.5 Å². The first-order valence-corrected chi connectivity index (χ1v) is 9.55. The zero-order valence-corrected chi connectivity index (χ0v) is 15.3. The highest BCUT2D eigenvalue weighted by Crippen LogP contribution is 2.36. The van der Waals surface area contributed by atoms with Crippen LogP contribution in [0, 0.1) is 0 Å². The largest absolute Gasteiger partial charge is 0.493 e. The second kappa shape index (κ2) is 7.09. The molecular weight excluding hydrogens is 356 g/mol. The van der Waals surface area contributed by atoms with Crippen molar-refractivity contribution in [3.8, 4) is 23.0 Å². The maximum Gasteiger partial charge on any atom is 0.229 e. The van der Waals surface area contributed by atoms with Crippen molar-refractivity contribution in [3.63, 3.8) is 0 Å². The molecule has 0 aliphatic carbocycles. The molecule has 8 heteroatoms. The lowest BCUT2D eigenvalue weighted by Gasteiger charge is -2.12. The minimum atomic E-state index is -3.32. The summed E-state index contributed by atoms with van der Waals surface area (Å²) in [4.78, 5) is 4.33. The Hall–Kier alpha value is -3.00. The van der Waals surface area contributed by atoms with Crippen molar-refractivity contribution in [1.29, 1.82) is 0 Å². The standard InChI is InChI=1S/C18H18N2O5S/c1-23-17-10-14-15(11-18(17)24-2)19-9-8-16(14)25-13-6-4-12(5-7-13)20-26(3,21)22/h4-11,20H,1-3H3. The van der Waals surface area contributed by atoms with Crippen molar-refractivity contribution >= 4 is 26.6 Å². The quantitative estimate of drug-likeness (QED) is 0.711. The molecule has 0 spiro atoms. The molecule has 0 unspecified atom stereocenters. The van der Waals surface area contributed by atoms with E-state index in [1.807, 2.05) is 0 Å². The summed E-state index contributed by atoms with van der Waals surface area (Å²) in [6, 6.07) is 11.9. The molecule has 26 heavy (non-hydrogen) atoms. The van der Waals surface area contributed by atoms with Gasteiger partial charge in [0.25, 0.3) is 0 Å². The summed E-state index contributed by atoms with van der Waals surface area (Å²) in [5.41, 5.74) is 1.17. The molecule has 0 atom stereocenters. The molecule has 0 amide bonds. The number of hydrogen-bond donors (Lipinski definition) is 1. The van der Waals surface area contributed by atoms with Gasteiger partial charge in [-0.05, 0) is 36.4 Å². The second-order valence-corrected chi connectivity index (χ2v) is 7.28. The van der Waals surface area contributed by atoms with Crippen molar-refractivity contribution in [2.24, 2.45) is 0 Å². The van der Waals surface area contributed by atoms with E-state index < -0.39 is 10.0 Å². The number of hydrogen-bond acceptors (Lipinski definition) is 6. The third kappa shape index (κ3) is 3.97. The van der Waals surface area contributed by atoms with Gasteiger partial charge in [-0.2, -0.15) is 0 Å². The molecule has 0 saturated carbocycles. The summed E-state index contributed by atoms with van der Waals surface area (Å²) < 4.78 is 41.5. The number of nitrogens with one attached hydrogen (secondary N) is 1. The Morgan fingerprint density at radius 2 is 1.58 bits per heavy atom. The van der Waals surface area contributed by atoms with Gasteiger partial charge in [0.1, 0.15) is 11.5 Å². The third-order valence-corrected chi connectivity index (χ3v) is 4.20. The van der Waals surface area contributed by atoms with Crippen LogP contribution in [0.2, 0.25) is 0 Å². The Bertz CT molecular complexity index is 1030. The first kappa shape index (κ1) is 17.8. The fourth-order valence-corrected chi connectivity index (χ4v) is 3.03. The summed E-state index contributed by atoms with van der Waals surface area (Å²) in [6.45, 7) is 0. The summed E-state index contributed by atoms with van der Waals surface area (Å²) in [7, 11) is -0.188. The van der Waals surface area contributed by atoms with Gasteiger partial charge in [0, 0.05) is 23.3 Å². The summed E-state index contributed by atoms with van der Waals surface area (Å²) in [5.74, 6) is 2.32. The summed E-state index contributed by atoms with van der Waals surface area (Å²) >= 11 is 0. The zero-order chi connectivity index (χ0) is 18.7. The van der Waals surface area contributed by atoms with E-state index in [4.69, 9.17) is 14.2 Å². The van der Waals surface area contributed by atoms with Crippen LogP contribution in [0.25, 0.3) is 10.9 Å². The molecule has 7 nitrogen and oxygen atoms in total. The smallest absolute Gasteiger partial charge is 0.229 e. The molecule has 0 bridgehead atoms. The van der Waals surface area contributed by atoms with Crippen LogP contribution in [-0.2, 0) is 10.0 Å². The Morgan fingerprint density at radius 3 is 2.19 bits per heavy atom. The predicted octanol–water partition coefficient (Wildman–Crippen LogP) is 3.42. The van der Waals surface area contributed by atoms with Crippen LogP contribution in [0.4, 0.5) is 5.69 Å². The molecule has 0 fully saturated rings. The minimum absolute atomic E-state index is 0.464. The van der Waals surface area contributed by atoms with Gasteiger partial charge in [-0.25, -0.2) is 8.42 Å². The van der Waals surface area contributed by atoms with Crippen molar-refractivity contribution in [2.75, 3.05) is 25.2 Å². The number of anilines is 1. The molecule has 3 rings (SSSR count). The molecule has 0 aliphatic rings. The lowest BCUT2D eigenvalue weighted by molar-refractivity contribution is 0.355. The zero-order valence-electron chi connectivity index (χ0n) is 14.5. The summed E-state index contributed by atoms with van der Waals surface area (Å²) in [5, 5.41) is 0.767. The van der Waals surface area contributed by atoms with Crippen LogP contribution < -0.4 is 18.9 Å². The van der Waals surface area contributed by atoms with Crippen molar-refractivity contribution in [3.05, 3.63) is 48.7 Å². The molecule has 1 N–H and O–H groups in total. The lowest BCUT2D eigenvalue weighted by atomic mass is 10.2. The van der Waals surface area contributed by atoms with Gasteiger partial charge < -0.3 is 14.2 Å². The predicted molar refractivity (Wildman–Crippen MR) is 99.8 cm³/mol. The van der Waals surface area contributed by atoms with Gasteiger partial charge in [-0.15, -0.1) is 0 Å².